The molecule has 0 atom stereocenters. The first-order valence-corrected chi connectivity index (χ1v) is 5.89. The van der Waals surface area contributed by atoms with Crippen LogP contribution in [0.15, 0.2) is 36.5 Å². The maximum Gasteiger partial charge on any atom is 0.339 e. The van der Waals surface area contributed by atoms with E-state index in [2.05, 4.69) is 10.3 Å². The molecule has 108 valence electrons. The van der Waals surface area contributed by atoms with E-state index in [-0.39, 0.29) is 22.7 Å². The molecule has 0 spiro atoms. The first-order chi connectivity index (χ1) is 10.0. The highest BCUT2D eigenvalue weighted by Crippen LogP contribution is 2.24. The number of carbonyl (C=O) groups excluding carboxylic acids is 1. The van der Waals surface area contributed by atoms with Gasteiger partial charge < -0.3 is 20.3 Å². The number of aromatic nitrogens is 1. The van der Waals surface area contributed by atoms with Crippen molar-refractivity contribution in [3.05, 3.63) is 47.7 Å². The van der Waals surface area contributed by atoms with Crippen LogP contribution in [0, 0.1) is 0 Å². The second kappa shape index (κ2) is 5.91. The van der Waals surface area contributed by atoms with E-state index in [4.69, 9.17) is 9.84 Å². The van der Waals surface area contributed by atoms with Crippen LogP contribution in [0.5, 0.6) is 11.5 Å². The number of hydrogen-bond donors (Lipinski definition) is 3. The van der Waals surface area contributed by atoms with E-state index in [1.54, 1.807) is 0 Å². The van der Waals surface area contributed by atoms with Crippen LogP contribution in [0.1, 0.15) is 20.7 Å². The molecule has 21 heavy (non-hydrogen) atoms. The number of aromatic carboxylic acids is 1. The van der Waals surface area contributed by atoms with Crippen LogP contribution in [0.25, 0.3) is 0 Å². The lowest BCUT2D eigenvalue weighted by Crippen LogP contribution is -2.16. The van der Waals surface area contributed by atoms with Crippen LogP contribution in [-0.4, -0.2) is 34.2 Å². The maximum absolute atomic E-state index is 12.1. The lowest BCUT2D eigenvalue weighted by molar-refractivity contribution is 0.0697. The van der Waals surface area contributed by atoms with Crippen molar-refractivity contribution in [3.8, 4) is 11.5 Å². The minimum absolute atomic E-state index is 0.0159. The highest BCUT2D eigenvalue weighted by atomic mass is 16.5. The Morgan fingerprint density at radius 1 is 1.24 bits per heavy atom. The second-order valence-electron chi connectivity index (χ2n) is 4.04. The van der Waals surface area contributed by atoms with Gasteiger partial charge in [0.05, 0.1) is 12.7 Å². The Bertz CT molecular complexity index is 700. The predicted molar refractivity (Wildman–Crippen MR) is 73.8 cm³/mol. The van der Waals surface area contributed by atoms with Gasteiger partial charge in [-0.3, -0.25) is 4.79 Å². The Balaban J connectivity index is 2.28. The standard InChI is InChI=1S/C14H12N2O5/c1-21-8-4-5-9(11(17)7-8)13(18)16-12-10(14(19)20)3-2-6-15-12/h2-7,17H,1H3,(H,19,20)(H,15,16,18). The fourth-order valence-electron chi connectivity index (χ4n) is 1.68. The third kappa shape index (κ3) is 3.08. The summed E-state index contributed by atoms with van der Waals surface area (Å²) in [6.45, 7) is 0. The summed E-state index contributed by atoms with van der Waals surface area (Å²) in [5, 5.41) is 21.1. The highest BCUT2D eigenvalue weighted by Gasteiger charge is 2.17. The van der Waals surface area contributed by atoms with Gasteiger partial charge in [-0.25, -0.2) is 9.78 Å². The number of carboxylic acids is 1. The zero-order valence-corrected chi connectivity index (χ0v) is 11.0. The molecule has 7 nitrogen and oxygen atoms in total. The Morgan fingerprint density at radius 2 is 2.00 bits per heavy atom. The normalized spacial score (nSPS) is 9.95. The topological polar surface area (TPSA) is 109 Å². The van der Waals surface area contributed by atoms with Crippen molar-refractivity contribution in [2.45, 2.75) is 0 Å². The quantitative estimate of drug-likeness (QED) is 0.790. The third-order valence-electron chi connectivity index (χ3n) is 2.72. The molecule has 1 aromatic carbocycles. The molecule has 0 aliphatic heterocycles. The number of rotatable bonds is 4. The van der Waals surface area contributed by atoms with Crippen LogP contribution in [-0.2, 0) is 0 Å². The van der Waals surface area contributed by atoms with Crippen molar-refractivity contribution in [1.82, 2.24) is 4.98 Å². The third-order valence-corrected chi connectivity index (χ3v) is 2.72. The molecule has 0 bridgehead atoms. The van der Waals surface area contributed by atoms with Gasteiger partial charge in [-0.2, -0.15) is 0 Å². The average Bonchev–Trinajstić information content (AvgIpc) is 2.47. The van der Waals surface area contributed by atoms with Gasteiger partial charge in [0.25, 0.3) is 5.91 Å². The van der Waals surface area contributed by atoms with Crippen molar-refractivity contribution in [2.24, 2.45) is 0 Å². The molecule has 0 saturated carbocycles. The summed E-state index contributed by atoms with van der Waals surface area (Å²) in [5.41, 5.74) is -0.156. The van der Waals surface area contributed by atoms with Crippen LogP contribution >= 0.6 is 0 Å². The first kappa shape index (κ1) is 14.3. The molecule has 0 radical (unpaired) electrons. The van der Waals surface area contributed by atoms with E-state index in [0.29, 0.717) is 5.75 Å². The molecule has 0 fully saturated rings. The first-order valence-electron chi connectivity index (χ1n) is 5.89. The number of hydrogen-bond acceptors (Lipinski definition) is 5. The SMILES string of the molecule is COc1ccc(C(=O)Nc2ncccc2C(=O)O)c(O)c1. The lowest BCUT2D eigenvalue weighted by atomic mass is 10.1. The number of amides is 1. The zero-order chi connectivity index (χ0) is 15.4. The van der Waals surface area contributed by atoms with Crippen LogP contribution < -0.4 is 10.1 Å². The molecule has 0 aliphatic carbocycles. The van der Waals surface area contributed by atoms with Crippen molar-refractivity contribution >= 4 is 17.7 Å². The Morgan fingerprint density at radius 3 is 2.62 bits per heavy atom. The number of ether oxygens (including phenoxy) is 1. The summed E-state index contributed by atoms with van der Waals surface area (Å²) in [6.07, 6.45) is 1.36. The monoisotopic (exact) mass is 288 g/mol. The molecule has 0 aliphatic rings. The molecule has 0 unspecified atom stereocenters. The molecule has 0 saturated heterocycles. The summed E-state index contributed by atoms with van der Waals surface area (Å²) < 4.78 is 4.92. The summed E-state index contributed by atoms with van der Waals surface area (Å²) in [7, 11) is 1.43. The number of nitrogens with one attached hydrogen (secondary N) is 1. The van der Waals surface area contributed by atoms with Crippen LogP contribution in [0.4, 0.5) is 5.82 Å². The van der Waals surface area contributed by atoms with Gasteiger partial charge in [-0.05, 0) is 24.3 Å². The Hall–Kier alpha value is -3.09. The number of nitrogens with zero attached hydrogens (tertiary/aromatic N) is 1. The van der Waals surface area contributed by atoms with Gasteiger partial charge in [-0.15, -0.1) is 0 Å². The van der Waals surface area contributed by atoms with Crippen molar-refractivity contribution in [2.75, 3.05) is 12.4 Å². The second-order valence-corrected chi connectivity index (χ2v) is 4.04. The molecular formula is C14H12N2O5. The molecular weight excluding hydrogens is 276 g/mol. The average molecular weight is 288 g/mol. The van der Waals surface area contributed by atoms with Gasteiger partial charge in [-0.1, -0.05) is 0 Å². The number of aromatic hydroxyl groups is 1. The fourth-order valence-corrected chi connectivity index (χ4v) is 1.68. The molecule has 1 amide bonds. The van der Waals surface area contributed by atoms with Gasteiger partial charge in [0, 0.05) is 12.3 Å². The van der Waals surface area contributed by atoms with Crippen molar-refractivity contribution in [3.63, 3.8) is 0 Å². The zero-order valence-electron chi connectivity index (χ0n) is 11.0. The van der Waals surface area contributed by atoms with Gasteiger partial charge in [0.15, 0.2) is 0 Å². The molecule has 3 N–H and O–H groups in total. The Labute approximate surface area is 119 Å². The smallest absolute Gasteiger partial charge is 0.339 e. The van der Waals surface area contributed by atoms with E-state index in [9.17, 15) is 14.7 Å². The molecule has 2 rings (SSSR count). The van der Waals surface area contributed by atoms with Gasteiger partial charge >= 0.3 is 5.97 Å². The molecule has 1 aromatic heterocycles. The summed E-state index contributed by atoms with van der Waals surface area (Å²) >= 11 is 0. The fraction of sp³-hybridized carbons (Fsp3) is 0.0714. The highest BCUT2D eigenvalue weighted by molar-refractivity contribution is 6.08. The van der Waals surface area contributed by atoms with E-state index in [0.717, 1.165) is 0 Å². The number of phenolic OH excluding ortho intramolecular Hbond substituents is 1. The number of pyridine rings is 1. The van der Waals surface area contributed by atoms with Gasteiger partial charge in [0.1, 0.15) is 22.9 Å². The lowest BCUT2D eigenvalue weighted by Gasteiger charge is -2.09. The van der Waals surface area contributed by atoms with Crippen molar-refractivity contribution < 1.29 is 24.5 Å². The van der Waals surface area contributed by atoms with Crippen LogP contribution in [0.3, 0.4) is 0 Å². The number of anilines is 1. The number of methoxy groups -OCH3 is 1. The van der Waals surface area contributed by atoms with Crippen LogP contribution in [0.2, 0.25) is 0 Å². The van der Waals surface area contributed by atoms with Crippen molar-refractivity contribution in [1.29, 1.82) is 0 Å². The van der Waals surface area contributed by atoms with E-state index in [1.807, 2.05) is 0 Å². The van der Waals surface area contributed by atoms with E-state index < -0.39 is 11.9 Å². The van der Waals surface area contributed by atoms with Gasteiger partial charge in [0.2, 0.25) is 0 Å². The Kier molecular flexibility index (Phi) is 4.03. The maximum atomic E-state index is 12.1. The summed E-state index contributed by atoms with van der Waals surface area (Å²) in [4.78, 5) is 26.9. The summed E-state index contributed by atoms with van der Waals surface area (Å²) in [6, 6.07) is 6.92. The molecule has 2 aromatic rings. The molecule has 1 heterocycles. The predicted octanol–water partition coefficient (Wildman–Crippen LogP) is 1.75. The number of benzene rings is 1. The van der Waals surface area contributed by atoms with E-state index >= 15 is 0 Å². The minimum Gasteiger partial charge on any atom is -0.507 e. The molecule has 7 heteroatoms. The largest absolute Gasteiger partial charge is 0.507 e. The van der Waals surface area contributed by atoms with E-state index in [1.165, 1.54) is 43.6 Å². The number of phenols is 1. The minimum atomic E-state index is -1.21. The summed E-state index contributed by atoms with van der Waals surface area (Å²) in [5.74, 6) is -1.85. The number of carbonyl (C=O) groups is 2. The number of carboxylic acid groups (broad SMARTS) is 1.